The summed E-state index contributed by atoms with van der Waals surface area (Å²) >= 11 is 1.19. The lowest BCUT2D eigenvalue weighted by molar-refractivity contribution is -0.119. The second kappa shape index (κ2) is 8.11. The summed E-state index contributed by atoms with van der Waals surface area (Å²) in [4.78, 5) is 32.3. The number of aromatic nitrogens is 4. The Hall–Kier alpha value is -2.42. The number of carbonyl (C=O) groups is 2. The molecule has 1 saturated carbocycles. The van der Waals surface area contributed by atoms with Gasteiger partial charge in [-0.1, -0.05) is 24.6 Å². The molecule has 0 spiro atoms. The zero-order chi connectivity index (χ0) is 17.6. The Morgan fingerprint density at radius 3 is 2.72 bits per heavy atom. The molecule has 1 aliphatic carbocycles. The first kappa shape index (κ1) is 17.4. The van der Waals surface area contributed by atoms with E-state index >= 15 is 0 Å². The van der Waals surface area contributed by atoms with E-state index < -0.39 is 11.3 Å². The molecule has 2 aromatic rings. The normalized spacial score (nSPS) is 15.7. The van der Waals surface area contributed by atoms with Crippen molar-refractivity contribution in [2.24, 2.45) is 0 Å². The number of H-pyrrole nitrogens is 1. The van der Waals surface area contributed by atoms with Crippen LogP contribution in [0, 0.1) is 0 Å². The number of nitrogens with one attached hydrogen (secondary N) is 3. The van der Waals surface area contributed by atoms with Gasteiger partial charge in [0.1, 0.15) is 0 Å². The predicted octanol–water partition coefficient (Wildman–Crippen LogP) is 2.12. The smallest absolute Gasteiger partial charge is 0.321 e. The number of imide groups is 1. The van der Waals surface area contributed by atoms with E-state index in [4.69, 9.17) is 0 Å². The third-order valence-electron chi connectivity index (χ3n) is 4.00. The highest BCUT2D eigenvalue weighted by atomic mass is 32.2. The molecule has 2 aromatic heterocycles. The summed E-state index contributed by atoms with van der Waals surface area (Å²) in [5.41, 5.74) is 0.863. The molecule has 9 heteroatoms. The lowest BCUT2D eigenvalue weighted by Crippen LogP contribution is -2.45. The number of hydrogen-bond acceptors (Lipinski definition) is 6. The van der Waals surface area contributed by atoms with E-state index in [2.05, 4.69) is 30.8 Å². The zero-order valence-corrected chi connectivity index (χ0v) is 14.7. The maximum atomic E-state index is 12.1. The Labute approximate surface area is 149 Å². The Kier molecular flexibility index (Phi) is 5.64. The first-order valence-corrected chi connectivity index (χ1v) is 9.10. The van der Waals surface area contributed by atoms with Crippen molar-refractivity contribution >= 4 is 23.7 Å². The fraction of sp³-hybridized carbons (Fsp3) is 0.438. The standard InChI is InChI=1S/C16H20N6O2S/c1-10(14(23)20-15(24)18-12-4-2-3-5-12)25-16-19-13(21-22-16)11-6-8-17-9-7-11/h6-10,12H,2-5H2,1H3,(H,19,21,22)(H2,18,20,23,24)/t10-/m0/s1. The van der Waals surface area contributed by atoms with E-state index in [1.807, 2.05) is 12.1 Å². The predicted molar refractivity (Wildman–Crippen MR) is 93.9 cm³/mol. The van der Waals surface area contributed by atoms with E-state index in [-0.39, 0.29) is 11.9 Å². The fourth-order valence-electron chi connectivity index (χ4n) is 2.65. The summed E-state index contributed by atoms with van der Waals surface area (Å²) < 4.78 is 0. The Morgan fingerprint density at radius 1 is 1.28 bits per heavy atom. The first-order chi connectivity index (χ1) is 12.1. The minimum absolute atomic E-state index is 0.173. The number of urea groups is 1. The number of nitrogens with zero attached hydrogens (tertiary/aromatic N) is 3. The fourth-order valence-corrected chi connectivity index (χ4v) is 3.38. The minimum atomic E-state index is -0.490. The van der Waals surface area contributed by atoms with Gasteiger partial charge in [0.25, 0.3) is 0 Å². The molecule has 1 atom stereocenters. The molecule has 0 bridgehead atoms. The number of hydrogen-bond donors (Lipinski definition) is 3. The summed E-state index contributed by atoms with van der Waals surface area (Å²) in [6, 6.07) is 3.38. The average Bonchev–Trinajstić information content (AvgIpc) is 3.27. The number of aromatic amines is 1. The Bertz CT molecular complexity index is 729. The highest BCUT2D eigenvalue weighted by molar-refractivity contribution is 8.00. The highest BCUT2D eigenvalue weighted by Crippen LogP contribution is 2.22. The van der Waals surface area contributed by atoms with Gasteiger partial charge in [-0.2, -0.15) is 0 Å². The van der Waals surface area contributed by atoms with Crippen LogP contribution >= 0.6 is 11.8 Å². The van der Waals surface area contributed by atoms with E-state index in [1.165, 1.54) is 11.8 Å². The van der Waals surface area contributed by atoms with Crippen molar-refractivity contribution in [2.45, 2.75) is 49.1 Å². The molecule has 3 N–H and O–H groups in total. The molecular weight excluding hydrogens is 340 g/mol. The van der Waals surface area contributed by atoms with Gasteiger partial charge >= 0.3 is 6.03 Å². The van der Waals surface area contributed by atoms with Gasteiger partial charge in [0.15, 0.2) is 5.82 Å². The molecule has 0 saturated heterocycles. The van der Waals surface area contributed by atoms with E-state index in [0.29, 0.717) is 11.0 Å². The van der Waals surface area contributed by atoms with E-state index in [1.54, 1.807) is 19.3 Å². The molecular formula is C16H20N6O2S. The van der Waals surface area contributed by atoms with Crippen molar-refractivity contribution < 1.29 is 9.59 Å². The molecule has 3 rings (SSSR count). The molecule has 8 nitrogen and oxygen atoms in total. The molecule has 1 fully saturated rings. The average molecular weight is 360 g/mol. The van der Waals surface area contributed by atoms with Gasteiger partial charge in [-0.05, 0) is 31.9 Å². The van der Waals surface area contributed by atoms with Crippen molar-refractivity contribution in [3.8, 4) is 11.4 Å². The summed E-state index contributed by atoms with van der Waals surface area (Å²) in [5, 5.41) is 12.1. The van der Waals surface area contributed by atoms with Gasteiger partial charge in [0.05, 0.1) is 5.25 Å². The summed E-state index contributed by atoms with van der Waals surface area (Å²) in [5.74, 6) is 0.243. The van der Waals surface area contributed by atoms with Crippen LogP contribution in [0.15, 0.2) is 29.7 Å². The lowest BCUT2D eigenvalue weighted by atomic mass is 10.2. The minimum Gasteiger partial charge on any atom is -0.335 e. The van der Waals surface area contributed by atoms with Gasteiger partial charge in [0, 0.05) is 24.0 Å². The van der Waals surface area contributed by atoms with Crippen molar-refractivity contribution in [3.63, 3.8) is 0 Å². The molecule has 0 unspecified atom stereocenters. The van der Waals surface area contributed by atoms with Crippen LogP contribution in [-0.2, 0) is 4.79 Å². The van der Waals surface area contributed by atoms with Crippen molar-refractivity contribution in [1.82, 2.24) is 30.8 Å². The highest BCUT2D eigenvalue weighted by Gasteiger charge is 2.22. The molecule has 0 aromatic carbocycles. The summed E-state index contributed by atoms with van der Waals surface area (Å²) in [6.07, 6.45) is 7.53. The lowest BCUT2D eigenvalue weighted by Gasteiger charge is -2.14. The van der Waals surface area contributed by atoms with E-state index in [9.17, 15) is 9.59 Å². The van der Waals surface area contributed by atoms with Gasteiger partial charge in [-0.15, -0.1) is 5.10 Å². The topological polar surface area (TPSA) is 113 Å². The third kappa shape index (κ3) is 4.79. The molecule has 132 valence electrons. The molecule has 0 aliphatic heterocycles. The molecule has 1 aliphatic rings. The Morgan fingerprint density at radius 2 is 2.00 bits per heavy atom. The van der Waals surface area contributed by atoms with Crippen LogP contribution < -0.4 is 10.6 Å². The van der Waals surface area contributed by atoms with Crippen molar-refractivity contribution in [1.29, 1.82) is 0 Å². The molecule has 0 radical (unpaired) electrons. The van der Waals surface area contributed by atoms with Gasteiger partial charge < -0.3 is 5.32 Å². The van der Waals surface area contributed by atoms with Crippen molar-refractivity contribution in [2.75, 3.05) is 0 Å². The van der Waals surface area contributed by atoms with Crippen LogP contribution in [0.4, 0.5) is 4.79 Å². The zero-order valence-electron chi connectivity index (χ0n) is 13.9. The van der Waals surface area contributed by atoms with Crippen LogP contribution in [0.1, 0.15) is 32.6 Å². The number of rotatable bonds is 5. The maximum absolute atomic E-state index is 12.1. The van der Waals surface area contributed by atoms with Crippen molar-refractivity contribution in [3.05, 3.63) is 24.5 Å². The largest absolute Gasteiger partial charge is 0.335 e. The Balaban J connectivity index is 1.51. The quantitative estimate of drug-likeness (QED) is 0.704. The number of thioether (sulfide) groups is 1. The van der Waals surface area contributed by atoms with Crippen LogP contribution in [0.25, 0.3) is 11.4 Å². The maximum Gasteiger partial charge on any atom is 0.321 e. The summed E-state index contributed by atoms with van der Waals surface area (Å²) in [7, 11) is 0. The summed E-state index contributed by atoms with van der Waals surface area (Å²) in [6.45, 7) is 1.71. The number of amides is 3. The van der Waals surface area contributed by atoms with Crippen LogP contribution in [0.5, 0.6) is 0 Å². The van der Waals surface area contributed by atoms with E-state index in [0.717, 1.165) is 31.2 Å². The number of pyridine rings is 1. The molecule has 3 amide bonds. The van der Waals surface area contributed by atoms with Gasteiger partial charge in [-0.3, -0.25) is 20.2 Å². The molecule has 2 heterocycles. The van der Waals surface area contributed by atoms with Crippen LogP contribution in [0.2, 0.25) is 0 Å². The van der Waals surface area contributed by atoms with Crippen LogP contribution in [0.3, 0.4) is 0 Å². The SMILES string of the molecule is C[C@H](Sc1n[nH]c(-c2ccncc2)n1)C(=O)NC(=O)NC1CCCC1. The third-order valence-corrected chi connectivity index (χ3v) is 4.96. The van der Waals surface area contributed by atoms with Gasteiger partial charge in [0.2, 0.25) is 11.1 Å². The van der Waals surface area contributed by atoms with Crippen LogP contribution in [-0.4, -0.2) is 43.4 Å². The number of carbonyl (C=O) groups excluding carboxylic acids is 2. The second-order valence-corrected chi connectivity index (χ2v) is 7.21. The second-order valence-electron chi connectivity index (χ2n) is 5.91. The first-order valence-electron chi connectivity index (χ1n) is 8.22. The monoisotopic (exact) mass is 360 g/mol. The van der Waals surface area contributed by atoms with Gasteiger partial charge in [-0.25, -0.2) is 9.78 Å². The molecule has 25 heavy (non-hydrogen) atoms.